The van der Waals surface area contributed by atoms with Gasteiger partial charge in [-0.15, -0.1) is 0 Å². The largest absolute Gasteiger partial charge is 0.523 e. The zero-order valence-corrected chi connectivity index (χ0v) is 7.33. The third-order valence-corrected chi connectivity index (χ3v) is 2.68. The van der Waals surface area contributed by atoms with Crippen molar-refractivity contribution in [3.63, 3.8) is 0 Å². The maximum atomic E-state index is 12.1. The molecule has 1 atom stereocenters. The Hall–Kier alpha value is -0.440. The third kappa shape index (κ3) is 2.32. The Labute approximate surface area is 76.0 Å². The molecule has 1 aliphatic rings. The van der Waals surface area contributed by atoms with Crippen LogP contribution < -0.4 is 0 Å². The summed E-state index contributed by atoms with van der Waals surface area (Å²) in [5, 5.41) is 0. The van der Waals surface area contributed by atoms with Crippen LogP contribution in [0.3, 0.4) is 0 Å². The lowest BCUT2D eigenvalue weighted by Crippen LogP contribution is -2.26. The molecular weight excluding hydrogens is 235 g/mol. The Kier molecular flexibility index (Phi) is 2.51. The molecule has 1 rings (SSSR count). The van der Waals surface area contributed by atoms with Gasteiger partial charge in [0.1, 0.15) is 0 Å². The number of hydrogen-bond acceptors (Lipinski definition) is 3. The molecule has 9 heteroatoms. The van der Waals surface area contributed by atoms with Crippen molar-refractivity contribution in [2.24, 2.45) is 5.92 Å². The summed E-state index contributed by atoms with van der Waals surface area (Å²) in [5.74, 6) is -4.53. The van der Waals surface area contributed by atoms with Gasteiger partial charge in [0.25, 0.3) is 5.92 Å². The average molecular weight is 240 g/mol. The molecule has 14 heavy (non-hydrogen) atoms. The van der Waals surface area contributed by atoms with Crippen LogP contribution in [0.5, 0.6) is 0 Å². The van der Waals surface area contributed by atoms with E-state index < -0.39 is 40.5 Å². The topological polar surface area (TPSA) is 43.4 Å². The van der Waals surface area contributed by atoms with Crippen molar-refractivity contribution in [1.82, 2.24) is 0 Å². The fraction of sp³-hybridized carbons (Fsp3) is 1.00. The quantitative estimate of drug-likeness (QED) is 0.426. The van der Waals surface area contributed by atoms with Crippen molar-refractivity contribution >= 4 is 10.1 Å². The van der Waals surface area contributed by atoms with Crippen molar-refractivity contribution in [2.75, 3.05) is 6.61 Å². The molecule has 0 aromatic heterocycles. The maximum absolute atomic E-state index is 12.1. The highest BCUT2D eigenvalue weighted by Gasteiger charge is 2.58. The molecule has 0 N–H and O–H groups in total. The predicted octanol–water partition coefficient (Wildman–Crippen LogP) is 1.51. The van der Waals surface area contributed by atoms with E-state index in [9.17, 15) is 30.4 Å². The van der Waals surface area contributed by atoms with Crippen molar-refractivity contribution in [3.8, 4) is 0 Å². The lowest BCUT2D eigenvalue weighted by Gasteiger charge is -2.07. The van der Waals surface area contributed by atoms with Crippen LogP contribution in [0.25, 0.3) is 0 Å². The van der Waals surface area contributed by atoms with E-state index in [1.54, 1.807) is 0 Å². The summed E-state index contributed by atoms with van der Waals surface area (Å²) in [4.78, 5) is 0. The Bertz CT molecular complexity index is 319. The van der Waals surface area contributed by atoms with Crippen LogP contribution in [-0.4, -0.2) is 26.5 Å². The molecule has 0 aliphatic heterocycles. The molecule has 84 valence electrons. The minimum atomic E-state index is -5.74. The lowest BCUT2D eigenvalue weighted by atomic mass is 10.5. The van der Waals surface area contributed by atoms with Gasteiger partial charge in [-0.3, -0.25) is 4.18 Å². The van der Waals surface area contributed by atoms with Gasteiger partial charge in [-0.2, -0.15) is 21.6 Å². The molecular formula is C5H5F5O3S. The summed E-state index contributed by atoms with van der Waals surface area (Å²) >= 11 is 0. The Balaban J connectivity index is 2.47. The highest BCUT2D eigenvalue weighted by molar-refractivity contribution is 7.87. The van der Waals surface area contributed by atoms with Crippen molar-refractivity contribution in [1.29, 1.82) is 0 Å². The molecule has 0 bridgehead atoms. The highest BCUT2D eigenvalue weighted by atomic mass is 32.2. The van der Waals surface area contributed by atoms with Crippen LogP contribution in [0, 0.1) is 5.92 Å². The van der Waals surface area contributed by atoms with Gasteiger partial charge in [0.15, 0.2) is 0 Å². The average Bonchev–Trinajstić information content (AvgIpc) is 2.53. The number of alkyl halides is 5. The van der Waals surface area contributed by atoms with Crippen LogP contribution in [-0.2, 0) is 14.3 Å². The molecule has 1 unspecified atom stereocenters. The highest BCUT2D eigenvalue weighted by Crippen LogP contribution is 2.49. The van der Waals surface area contributed by atoms with E-state index in [4.69, 9.17) is 0 Å². The second-order valence-corrected chi connectivity index (χ2v) is 4.45. The lowest BCUT2D eigenvalue weighted by molar-refractivity contribution is -0.0552. The van der Waals surface area contributed by atoms with Gasteiger partial charge in [-0.1, -0.05) is 0 Å². The van der Waals surface area contributed by atoms with Crippen LogP contribution in [0.4, 0.5) is 22.0 Å². The minimum Gasteiger partial charge on any atom is -0.263 e. The van der Waals surface area contributed by atoms with Crippen LogP contribution in [0.1, 0.15) is 6.42 Å². The SMILES string of the molecule is O=S(=O)(OCC1CC1(F)F)C(F)(F)F. The standard InChI is InChI=1S/C5H5F5O3S/c6-4(7)1-3(4)2-13-14(11,12)5(8,9)10/h3H,1-2H2. The fourth-order valence-electron chi connectivity index (χ4n) is 0.689. The van der Waals surface area contributed by atoms with Gasteiger partial charge in [0.2, 0.25) is 0 Å². The molecule has 0 amide bonds. The Morgan fingerprint density at radius 3 is 2.07 bits per heavy atom. The van der Waals surface area contributed by atoms with Crippen molar-refractivity contribution in [3.05, 3.63) is 0 Å². The van der Waals surface area contributed by atoms with Gasteiger partial charge < -0.3 is 0 Å². The molecule has 1 aliphatic carbocycles. The summed E-state index contributed by atoms with van der Waals surface area (Å²) in [6, 6.07) is 0. The van der Waals surface area contributed by atoms with Gasteiger partial charge >= 0.3 is 15.6 Å². The van der Waals surface area contributed by atoms with Gasteiger partial charge in [0, 0.05) is 6.42 Å². The minimum absolute atomic E-state index is 0.639. The summed E-state index contributed by atoms with van der Waals surface area (Å²) in [6.45, 7) is -1.13. The number of halogens is 5. The van der Waals surface area contributed by atoms with E-state index in [1.165, 1.54) is 0 Å². The van der Waals surface area contributed by atoms with E-state index in [0.29, 0.717) is 0 Å². The van der Waals surface area contributed by atoms with E-state index in [-0.39, 0.29) is 0 Å². The second-order valence-electron chi connectivity index (χ2n) is 2.85. The first-order valence-corrected chi connectivity index (χ1v) is 4.80. The molecule has 0 spiro atoms. The summed E-state index contributed by atoms with van der Waals surface area (Å²) < 4.78 is 82.8. The molecule has 0 saturated heterocycles. The van der Waals surface area contributed by atoms with Crippen molar-refractivity contribution in [2.45, 2.75) is 17.9 Å². The van der Waals surface area contributed by atoms with E-state index >= 15 is 0 Å². The molecule has 0 radical (unpaired) electrons. The smallest absolute Gasteiger partial charge is 0.263 e. The molecule has 1 saturated carbocycles. The maximum Gasteiger partial charge on any atom is 0.523 e. The van der Waals surface area contributed by atoms with Gasteiger partial charge in [-0.05, 0) is 0 Å². The predicted molar refractivity (Wildman–Crippen MR) is 34.0 cm³/mol. The fourth-order valence-corrected chi connectivity index (χ4v) is 1.17. The monoisotopic (exact) mass is 240 g/mol. The first-order chi connectivity index (χ1) is 6.06. The Morgan fingerprint density at radius 2 is 1.79 bits per heavy atom. The zero-order chi connectivity index (χ0) is 11.2. The molecule has 0 aromatic rings. The first-order valence-electron chi connectivity index (χ1n) is 3.40. The van der Waals surface area contributed by atoms with Crippen molar-refractivity contribution < 1.29 is 34.6 Å². The molecule has 0 aromatic carbocycles. The summed E-state index contributed by atoms with van der Waals surface area (Å²) in [6.07, 6.45) is -0.639. The summed E-state index contributed by atoms with van der Waals surface area (Å²) in [7, 11) is -5.74. The molecule has 1 fully saturated rings. The molecule has 0 heterocycles. The number of hydrogen-bond donors (Lipinski definition) is 0. The van der Waals surface area contributed by atoms with Crippen LogP contribution in [0.15, 0.2) is 0 Å². The number of rotatable bonds is 3. The van der Waals surface area contributed by atoms with E-state index in [1.807, 2.05) is 0 Å². The van der Waals surface area contributed by atoms with E-state index in [2.05, 4.69) is 4.18 Å². The zero-order valence-electron chi connectivity index (χ0n) is 6.51. The summed E-state index contributed by atoms with van der Waals surface area (Å²) in [5.41, 5.74) is -5.56. The molecule has 3 nitrogen and oxygen atoms in total. The Morgan fingerprint density at radius 1 is 1.36 bits per heavy atom. The van der Waals surface area contributed by atoms with Crippen LogP contribution >= 0.6 is 0 Å². The first kappa shape index (κ1) is 11.6. The normalized spacial score (nSPS) is 26.2. The van der Waals surface area contributed by atoms with Gasteiger partial charge in [0.05, 0.1) is 12.5 Å². The van der Waals surface area contributed by atoms with Gasteiger partial charge in [-0.25, -0.2) is 8.78 Å². The second kappa shape index (κ2) is 3.02. The van der Waals surface area contributed by atoms with E-state index in [0.717, 1.165) is 0 Å². The third-order valence-electron chi connectivity index (χ3n) is 1.66. The van der Waals surface area contributed by atoms with Crippen LogP contribution in [0.2, 0.25) is 0 Å².